The zero-order chi connectivity index (χ0) is 13.1. The van der Waals surface area contributed by atoms with Crippen molar-refractivity contribution in [2.45, 2.75) is 17.2 Å². The second-order valence-corrected chi connectivity index (χ2v) is 6.97. The molecule has 0 aliphatic rings. The Balaban J connectivity index is 2.74. The molecule has 0 aliphatic carbocycles. The van der Waals surface area contributed by atoms with E-state index in [1.54, 1.807) is 6.92 Å². The highest BCUT2D eigenvalue weighted by Crippen LogP contribution is 2.24. The van der Waals surface area contributed by atoms with E-state index in [-0.39, 0.29) is 16.4 Å². The van der Waals surface area contributed by atoms with Crippen molar-refractivity contribution < 1.29 is 22.7 Å². The Morgan fingerprint density at radius 2 is 2.24 bits per heavy atom. The zero-order valence-corrected chi connectivity index (χ0v) is 11.6. The first-order valence-electron chi connectivity index (χ1n) is 4.57. The van der Waals surface area contributed by atoms with Crippen molar-refractivity contribution in [3.05, 3.63) is 17.0 Å². The average molecular weight is 299 g/mol. The van der Waals surface area contributed by atoms with Crippen molar-refractivity contribution >= 4 is 37.0 Å². The maximum Gasteiger partial charge on any atom is 0.339 e. The minimum Gasteiger partial charge on any atom is -0.457 e. The van der Waals surface area contributed by atoms with Gasteiger partial charge in [0.05, 0.1) is 12.2 Å². The standard InChI is InChI=1S/C9H11ClO5S2/c1-6(4-14-2)15-9(11)7-3-8(16-5-7)17(10,12)13/h3,5-6H,4H2,1-2H3. The predicted molar refractivity (Wildman–Crippen MR) is 64.1 cm³/mol. The van der Waals surface area contributed by atoms with Gasteiger partial charge in [-0.3, -0.25) is 0 Å². The van der Waals surface area contributed by atoms with E-state index in [0.29, 0.717) is 0 Å². The molecule has 0 saturated heterocycles. The zero-order valence-electron chi connectivity index (χ0n) is 9.17. The van der Waals surface area contributed by atoms with Gasteiger partial charge in [-0.25, -0.2) is 13.2 Å². The third-order valence-electron chi connectivity index (χ3n) is 1.76. The molecule has 0 aromatic carbocycles. The van der Waals surface area contributed by atoms with E-state index in [9.17, 15) is 13.2 Å². The fourth-order valence-electron chi connectivity index (χ4n) is 1.07. The molecule has 0 bridgehead atoms. The number of carbonyl (C=O) groups excluding carboxylic acids is 1. The van der Waals surface area contributed by atoms with Crippen LogP contribution >= 0.6 is 22.0 Å². The molecule has 17 heavy (non-hydrogen) atoms. The summed E-state index contributed by atoms with van der Waals surface area (Å²) in [6, 6.07) is 1.19. The van der Waals surface area contributed by atoms with E-state index in [0.717, 1.165) is 11.3 Å². The molecule has 1 rings (SSSR count). The molecule has 1 aromatic rings. The highest BCUT2D eigenvalue weighted by molar-refractivity contribution is 8.15. The van der Waals surface area contributed by atoms with E-state index < -0.39 is 21.1 Å². The molecule has 0 radical (unpaired) electrons. The molecule has 0 fully saturated rings. The van der Waals surface area contributed by atoms with Gasteiger partial charge in [0.2, 0.25) is 0 Å². The third-order valence-corrected chi connectivity index (χ3v) is 4.80. The molecule has 1 unspecified atom stereocenters. The number of rotatable bonds is 5. The van der Waals surface area contributed by atoms with Crippen LogP contribution < -0.4 is 0 Å². The van der Waals surface area contributed by atoms with Gasteiger partial charge in [0.25, 0.3) is 9.05 Å². The molecule has 5 nitrogen and oxygen atoms in total. The summed E-state index contributed by atoms with van der Waals surface area (Å²) in [5.74, 6) is -0.600. The molecular formula is C9H11ClO5S2. The first kappa shape index (κ1) is 14.4. The molecule has 0 N–H and O–H groups in total. The van der Waals surface area contributed by atoms with Crippen molar-refractivity contribution in [2.24, 2.45) is 0 Å². The van der Waals surface area contributed by atoms with Crippen molar-refractivity contribution in [1.82, 2.24) is 0 Å². The van der Waals surface area contributed by atoms with Crippen LogP contribution in [0.25, 0.3) is 0 Å². The van der Waals surface area contributed by atoms with E-state index in [1.165, 1.54) is 18.6 Å². The molecule has 0 aliphatic heterocycles. The lowest BCUT2D eigenvalue weighted by Gasteiger charge is -2.10. The topological polar surface area (TPSA) is 69.7 Å². The summed E-state index contributed by atoms with van der Waals surface area (Å²) in [7, 11) is 2.84. The molecule has 1 atom stereocenters. The fourth-order valence-corrected chi connectivity index (χ4v) is 3.01. The van der Waals surface area contributed by atoms with Crippen molar-refractivity contribution in [3.63, 3.8) is 0 Å². The summed E-state index contributed by atoms with van der Waals surface area (Å²) in [5, 5.41) is 1.39. The molecule has 0 amide bonds. The number of ether oxygens (including phenoxy) is 2. The van der Waals surface area contributed by atoms with Gasteiger partial charge in [0.15, 0.2) is 0 Å². The predicted octanol–water partition coefficient (Wildman–Crippen LogP) is 1.87. The Labute approximate surface area is 108 Å². The van der Waals surface area contributed by atoms with Crippen LogP contribution in [0.3, 0.4) is 0 Å². The third kappa shape index (κ3) is 4.27. The van der Waals surface area contributed by atoms with Gasteiger partial charge in [-0.15, -0.1) is 11.3 Å². The molecule has 0 saturated carbocycles. The first-order valence-corrected chi connectivity index (χ1v) is 7.76. The fraction of sp³-hybridized carbons (Fsp3) is 0.444. The van der Waals surface area contributed by atoms with Crippen LogP contribution in [0.2, 0.25) is 0 Å². The second kappa shape index (κ2) is 5.81. The number of hydrogen-bond acceptors (Lipinski definition) is 6. The number of esters is 1. The maximum absolute atomic E-state index is 11.6. The lowest BCUT2D eigenvalue weighted by molar-refractivity contribution is 0.0120. The van der Waals surface area contributed by atoms with Crippen LogP contribution in [0.4, 0.5) is 0 Å². The molecule has 1 aromatic heterocycles. The van der Waals surface area contributed by atoms with Crippen molar-refractivity contribution in [1.29, 1.82) is 0 Å². The van der Waals surface area contributed by atoms with Gasteiger partial charge in [-0.2, -0.15) is 0 Å². The van der Waals surface area contributed by atoms with Gasteiger partial charge in [-0.05, 0) is 13.0 Å². The summed E-state index contributed by atoms with van der Waals surface area (Å²) >= 11 is 0.873. The molecule has 0 spiro atoms. The van der Waals surface area contributed by atoms with Crippen molar-refractivity contribution in [2.75, 3.05) is 13.7 Å². The Bertz CT molecular complexity index is 493. The van der Waals surface area contributed by atoms with E-state index in [4.69, 9.17) is 20.2 Å². The van der Waals surface area contributed by atoms with Gasteiger partial charge in [-0.1, -0.05) is 0 Å². The first-order chi connectivity index (χ1) is 7.84. The summed E-state index contributed by atoms with van der Waals surface area (Å²) in [6.45, 7) is 1.95. The number of carbonyl (C=O) groups is 1. The van der Waals surface area contributed by atoms with Crippen LogP contribution in [0, 0.1) is 0 Å². The maximum atomic E-state index is 11.6. The van der Waals surface area contributed by atoms with Crippen molar-refractivity contribution in [3.8, 4) is 0 Å². The second-order valence-electron chi connectivity index (χ2n) is 3.26. The molecule has 96 valence electrons. The number of thiophene rings is 1. The van der Waals surface area contributed by atoms with Gasteiger partial charge in [0, 0.05) is 23.2 Å². The van der Waals surface area contributed by atoms with Gasteiger partial charge >= 0.3 is 5.97 Å². The highest BCUT2D eigenvalue weighted by Gasteiger charge is 2.18. The van der Waals surface area contributed by atoms with Crippen LogP contribution in [0.1, 0.15) is 17.3 Å². The smallest absolute Gasteiger partial charge is 0.339 e. The Morgan fingerprint density at radius 3 is 2.71 bits per heavy atom. The quantitative estimate of drug-likeness (QED) is 0.613. The number of halogens is 1. The van der Waals surface area contributed by atoms with E-state index in [1.807, 2.05) is 0 Å². The number of methoxy groups -OCH3 is 1. The summed E-state index contributed by atoms with van der Waals surface area (Å²) in [4.78, 5) is 11.6. The van der Waals surface area contributed by atoms with Crippen LogP contribution in [0.15, 0.2) is 15.7 Å². The largest absolute Gasteiger partial charge is 0.457 e. The Hall–Kier alpha value is -0.630. The molecular weight excluding hydrogens is 288 g/mol. The normalized spacial score (nSPS) is 13.4. The highest BCUT2D eigenvalue weighted by atomic mass is 35.7. The summed E-state index contributed by atoms with van der Waals surface area (Å²) in [5.41, 5.74) is 0.164. The minimum atomic E-state index is -3.80. The lowest BCUT2D eigenvalue weighted by atomic mass is 10.3. The Morgan fingerprint density at radius 1 is 1.59 bits per heavy atom. The van der Waals surface area contributed by atoms with Crippen LogP contribution in [0.5, 0.6) is 0 Å². The Kier molecular flexibility index (Phi) is 4.93. The summed E-state index contributed by atoms with van der Waals surface area (Å²) < 4.78 is 31.7. The van der Waals surface area contributed by atoms with Gasteiger partial charge in [0.1, 0.15) is 10.3 Å². The average Bonchev–Trinajstić information content (AvgIpc) is 2.65. The van der Waals surface area contributed by atoms with Crippen LogP contribution in [-0.2, 0) is 18.5 Å². The summed E-state index contributed by atoms with van der Waals surface area (Å²) in [6.07, 6.45) is -0.400. The lowest BCUT2D eigenvalue weighted by Crippen LogP contribution is -2.19. The SMILES string of the molecule is COCC(C)OC(=O)c1csc(S(=O)(=O)Cl)c1. The molecule has 1 heterocycles. The molecule has 8 heteroatoms. The van der Waals surface area contributed by atoms with Gasteiger partial charge < -0.3 is 9.47 Å². The minimum absolute atomic E-state index is 0.0782. The van der Waals surface area contributed by atoms with E-state index >= 15 is 0 Å². The van der Waals surface area contributed by atoms with Crippen LogP contribution in [-0.4, -0.2) is 34.2 Å². The monoisotopic (exact) mass is 298 g/mol. The van der Waals surface area contributed by atoms with E-state index in [2.05, 4.69) is 0 Å². The number of hydrogen-bond donors (Lipinski definition) is 0.